The molecule has 0 aromatic carbocycles. The van der Waals surface area contributed by atoms with Gasteiger partial charge in [0.05, 0.1) is 22.8 Å². The Morgan fingerprint density at radius 1 is 1.67 bits per heavy atom. The lowest BCUT2D eigenvalue weighted by atomic mass is 10.2. The van der Waals surface area contributed by atoms with Crippen LogP contribution in [0.5, 0.6) is 0 Å². The van der Waals surface area contributed by atoms with Crippen molar-refractivity contribution in [3.05, 3.63) is 15.9 Å². The van der Waals surface area contributed by atoms with E-state index in [1.54, 1.807) is 19.1 Å². The molecular weight excluding hydrogens is 298 g/mol. The summed E-state index contributed by atoms with van der Waals surface area (Å²) in [4.78, 5) is 13.9. The molecule has 1 aromatic heterocycles. The fourth-order valence-corrected chi connectivity index (χ4v) is 2.52. The van der Waals surface area contributed by atoms with E-state index in [0.717, 1.165) is 10.2 Å². The van der Waals surface area contributed by atoms with Crippen molar-refractivity contribution in [1.29, 1.82) is 0 Å². The number of methoxy groups -OCH3 is 1. The molecule has 1 aliphatic rings. The molecule has 0 saturated heterocycles. The van der Waals surface area contributed by atoms with Crippen molar-refractivity contribution in [3.63, 3.8) is 0 Å². The maximum absolute atomic E-state index is 12.3. The summed E-state index contributed by atoms with van der Waals surface area (Å²) in [6, 6.07) is 0.0236. The van der Waals surface area contributed by atoms with E-state index in [-0.39, 0.29) is 11.9 Å². The van der Waals surface area contributed by atoms with Crippen LogP contribution in [0.2, 0.25) is 0 Å². The Morgan fingerprint density at radius 2 is 2.33 bits per heavy atom. The quantitative estimate of drug-likeness (QED) is 0.905. The summed E-state index contributed by atoms with van der Waals surface area (Å²) < 4.78 is 5.87. The fourth-order valence-electron chi connectivity index (χ4n) is 1.85. The molecule has 18 heavy (non-hydrogen) atoms. The summed E-state index contributed by atoms with van der Waals surface area (Å²) in [5.41, 5.74) is 1.51. The second kappa shape index (κ2) is 5.40. The molecule has 0 bridgehead atoms. The van der Waals surface area contributed by atoms with E-state index in [9.17, 15) is 4.79 Å². The molecule has 0 aliphatic heterocycles. The molecule has 2 rings (SSSR count). The van der Waals surface area contributed by atoms with Crippen molar-refractivity contribution in [1.82, 2.24) is 15.1 Å². The summed E-state index contributed by atoms with van der Waals surface area (Å²) in [5, 5.41) is 7.10. The molecular formula is C12H18BrN3O2. The molecule has 0 spiro atoms. The Kier molecular flexibility index (Phi) is 4.07. The number of likely N-dealkylation sites (N-methyl/N-ethyl adjacent to an activating group) is 1. The van der Waals surface area contributed by atoms with Gasteiger partial charge in [-0.25, -0.2) is 0 Å². The number of aromatic nitrogens is 2. The SMILES string of the molecule is COC[C@@H](C)N(C)C(=O)c1n[nH]c(C2CC2)c1Br. The first kappa shape index (κ1) is 13.5. The molecule has 1 fully saturated rings. The highest BCUT2D eigenvalue weighted by molar-refractivity contribution is 9.10. The van der Waals surface area contributed by atoms with Gasteiger partial charge in [-0.2, -0.15) is 5.10 Å². The Labute approximate surface area is 115 Å². The van der Waals surface area contributed by atoms with E-state index >= 15 is 0 Å². The third-order valence-electron chi connectivity index (χ3n) is 3.31. The normalized spacial score (nSPS) is 16.7. The first-order valence-electron chi connectivity index (χ1n) is 6.06. The number of ether oxygens (including phenoxy) is 1. The number of hydrogen-bond acceptors (Lipinski definition) is 3. The minimum absolute atomic E-state index is 0.0236. The zero-order valence-electron chi connectivity index (χ0n) is 10.9. The highest BCUT2D eigenvalue weighted by Gasteiger charge is 2.31. The van der Waals surface area contributed by atoms with Gasteiger partial charge in [0.25, 0.3) is 5.91 Å². The van der Waals surface area contributed by atoms with Gasteiger partial charge in [0, 0.05) is 20.1 Å². The van der Waals surface area contributed by atoms with Gasteiger partial charge in [0.2, 0.25) is 0 Å². The number of H-pyrrole nitrogens is 1. The Hall–Kier alpha value is -0.880. The smallest absolute Gasteiger partial charge is 0.275 e. The molecule has 0 unspecified atom stereocenters. The molecule has 1 heterocycles. The van der Waals surface area contributed by atoms with Crippen LogP contribution >= 0.6 is 15.9 Å². The third kappa shape index (κ3) is 2.59. The lowest BCUT2D eigenvalue weighted by molar-refractivity contribution is 0.0627. The molecule has 0 radical (unpaired) electrons. The molecule has 1 saturated carbocycles. The maximum atomic E-state index is 12.3. The van der Waals surface area contributed by atoms with E-state index < -0.39 is 0 Å². The number of hydrogen-bond donors (Lipinski definition) is 1. The standard InChI is InChI=1S/C12H18BrN3O2/c1-7(6-18-3)16(2)12(17)11-9(13)10(14-15-11)8-4-5-8/h7-8H,4-6H2,1-3H3,(H,14,15)/t7-/m1/s1. The van der Waals surface area contributed by atoms with Gasteiger partial charge in [-0.3, -0.25) is 9.89 Å². The van der Waals surface area contributed by atoms with E-state index in [2.05, 4.69) is 26.1 Å². The topological polar surface area (TPSA) is 58.2 Å². The predicted octanol–water partition coefficient (Wildman–Crippen LogP) is 2.16. The number of nitrogens with zero attached hydrogens (tertiary/aromatic N) is 2. The van der Waals surface area contributed by atoms with Crippen molar-refractivity contribution in [2.24, 2.45) is 0 Å². The zero-order chi connectivity index (χ0) is 13.3. The van der Waals surface area contributed by atoms with E-state index in [1.807, 2.05) is 6.92 Å². The molecule has 1 aliphatic carbocycles. The van der Waals surface area contributed by atoms with Crippen LogP contribution in [0.4, 0.5) is 0 Å². The number of nitrogens with one attached hydrogen (secondary N) is 1. The summed E-state index contributed by atoms with van der Waals surface area (Å²) in [6.07, 6.45) is 2.34. The van der Waals surface area contributed by atoms with Crippen LogP contribution in [0.25, 0.3) is 0 Å². The van der Waals surface area contributed by atoms with Crippen molar-refractivity contribution >= 4 is 21.8 Å². The van der Waals surface area contributed by atoms with Crippen LogP contribution in [0.1, 0.15) is 41.9 Å². The monoisotopic (exact) mass is 315 g/mol. The van der Waals surface area contributed by atoms with E-state index in [4.69, 9.17) is 4.74 Å². The summed E-state index contributed by atoms with van der Waals surface area (Å²) in [7, 11) is 3.40. The van der Waals surface area contributed by atoms with Gasteiger partial charge in [-0.15, -0.1) is 0 Å². The average Bonchev–Trinajstić information content (AvgIpc) is 3.11. The second-order valence-electron chi connectivity index (χ2n) is 4.79. The number of carbonyl (C=O) groups is 1. The summed E-state index contributed by atoms with van der Waals surface area (Å²) >= 11 is 3.48. The lowest BCUT2D eigenvalue weighted by Crippen LogP contribution is -2.38. The van der Waals surface area contributed by atoms with Crippen LogP contribution in [0, 0.1) is 0 Å². The van der Waals surface area contributed by atoms with Crippen molar-refractivity contribution in [2.75, 3.05) is 20.8 Å². The Morgan fingerprint density at radius 3 is 2.89 bits per heavy atom. The van der Waals surface area contributed by atoms with Crippen LogP contribution in [-0.2, 0) is 4.74 Å². The molecule has 1 aromatic rings. The average molecular weight is 316 g/mol. The molecule has 5 nitrogen and oxygen atoms in total. The van der Waals surface area contributed by atoms with Crippen molar-refractivity contribution in [2.45, 2.75) is 31.7 Å². The van der Waals surface area contributed by atoms with Crippen LogP contribution in [0.15, 0.2) is 4.47 Å². The van der Waals surface area contributed by atoms with Crippen molar-refractivity contribution in [3.8, 4) is 0 Å². The minimum Gasteiger partial charge on any atom is -0.383 e. The predicted molar refractivity (Wildman–Crippen MR) is 71.7 cm³/mol. The molecule has 1 N–H and O–H groups in total. The molecule has 6 heteroatoms. The zero-order valence-corrected chi connectivity index (χ0v) is 12.5. The number of rotatable bonds is 5. The van der Waals surface area contributed by atoms with Gasteiger partial charge < -0.3 is 9.64 Å². The Bertz CT molecular complexity index is 443. The van der Waals surface area contributed by atoms with Crippen LogP contribution < -0.4 is 0 Å². The first-order chi connectivity index (χ1) is 8.56. The minimum atomic E-state index is -0.0884. The molecule has 100 valence electrons. The molecule has 1 atom stereocenters. The number of halogens is 1. The van der Waals surface area contributed by atoms with Gasteiger partial charge in [-0.05, 0) is 35.7 Å². The second-order valence-corrected chi connectivity index (χ2v) is 5.59. The first-order valence-corrected chi connectivity index (χ1v) is 6.85. The van der Waals surface area contributed by atoms with Crippen LogP contribution in [-0.4, -0.2) is 47.8 Å². The highest BCUT2D eigenvalue weighted by atomic mass is 79.9. The summed E-state index contributed by atoms with van der Waals surface area (Å²) in [5.74, 6) is 0.449. The molecule has 1 amide bonds. The van der Waals surface area contributed by atoms with Gasteiger partial charge in [-0.1, -0.05) is 0 Å². The largest absolute Gasteiger partial charge is 0.383 e. The van der Waals surface area contributed by atoms with E-state index in [0.29, 0.717) is 18.2 Å². The summed E-state index contributed by atoms with van der Waals surface area (Å²) in [6.45, 7) is 2.46. The number of aromatic amines is 1. The van der Waals surface area contributed by atoms with Gasteiger partial charge in [0.15, 0.2) is 5.69 Å². The lowest BCUT2D eigenvalue weighted by Gasteiger charge is -2.23. The van der Waals surface area contributed by atoms with Crippen LogP contribution in [0.3, 0.4) is 0 Å². The van der Waals surface area contributed by atoms with Gasteiger partial charge >= 0.3 is 0 Å². The Balaban J connectivity index is 2.13. The fraction of sp³-hybridized carbons (Fsp3) is 0.667. The number of amides is 1. The number of carbonyl (C=O) groups excluding carboxylic acids is 1. The highest BCUT2D eigenvalue weighted by Crippen LogP contribution is 2.43. The third-order valence-corrected chi connectivity index (χ3v) is 4.11. The van der Waals surface area contributed by atoms with Crippen molar-refractivity contribution < 1.29 is 9.53 Å². The maximum Gasteiger partial charge on any atom is 0.275 e. The van der Waals surface area contributed by atoms with E-state index in [1.165, 1.54) is 12.8 Å². The van der Waals surface area contributed by atoms with Gasteiger partial charge in [0.1, 0.15) is 0 Å².